The van der Waals surface area contributed by atoms with Crippen molar-refractivity contribution in [1.82, 2.24) is 4.98 Å². The van der Waals surface area contributed by atoms with E-state index in [4.69, 9.17) is 4.98 Å². The third-order valence-corrected chi connectivity index (χ3v) is 19.0. The molecular formula is C77H50B3N7. The van der Waals surface area contributed by atoms with Crippen LogP contribution in [0, 0.1) is 0 Å². The van der Waals surface area contributed by atoms with E-state index in [0.717, 1.165) is 68.4 Å². The van der Waals surface area contributed by atoms with Crippen molar-refractivity contribution in [2.75, 3.05) is 29.4 Å². The molecule has 87 heavy (non-hydrogen) atoms. The lowest BCUT2D eigenvalue weighted by atomic mass is 9.29. The zero-order valence-electron chi connectivity index (χ0n) is 47.2. The normalized spacial score (nSPS) is 14.0. The van der Waals surface area contributed by atoms with Crippen LogP contribution in [0.4, 0.5) is 103 Å². The largest absolute Gasteiger partial charge is 0.311 e. The smallest absolute Gasteiger partial charge is 0.254 e. The Labute approximate surface area is 506 Å². The van der Waals surface area contributed by atoms with E-state index in [1.165, 1.54) is 83.3 Å². The van der Waals surface area contributed by atoms with Gasteiger partial charge in [0.05, 0.1) is 0 Å². The molecule has 7 heterocycles. The molecule has 6 aliphatic heterocycles. The average molecular weight is 1110 g/mol. The van der Waals surface area contributed by atoms with Gasteiger partial charge in [0.1, 0.15) is 5.82 Å². The first-order chi connectivity index (χ1) is 43.2. The number of hydrogen-bond acceptors (Lipinski definition) is 7. The van der Waals surface area contributed by atoms with Gasteiger partial charge in [-0.05, 0) is 177 Å². The predicted molar refractivity (Wildman–Crippen MR) is 366 cm³/mol. The van der Waals surface area contributed by atoms with Crippen LogP contribution in [0.15, 0.2) is 303 Å². The third kappa shape index (κ3) is 6.83. The van der Waals surface area contributed by atoms with Gasteiger partial charge in [-0.25, -0.2) is 4.98 Å². The quantitative estimate of drug-likeness (QED) is 0.153. The van der Waals surface area contributed by atoms with Crippen LogP contribution in [0.3, 0.4) is 0 Å². The fraction of sp³-hybridized carbons (Fsp3) is 0. The van der Waals surface area contributed by atoms with Gasteiger partial charge in [-0.2, -0.15) is 0 Å². The Balaban J connectivity index is 0.930. The number of hydrogen-bond donors (Lipinski definition) is 0. The van der Waals surface area contributed by atoms with Gasteiger partial charge in [-0.3, -0.25) is 4.90 Å². The highest BCUT2D eigenvalue weighted by Crippen LogP contribution is 2.50. The van der Waals surface area contributed by atoms with E-state index in [1.54, 1.807) is 0 Å². The molecule has 0 N–H and O–H groups in total. The number of benzene rings is 12. The molecule has 6 aliphatic rings. The fourth-order valence-electron chi connectivity index (χ4n) is 15.7. The Morgan fingerprint density at radius 2 is 0.460 bits per heavy atom. The first kappa shape index (κ1) is 48.2. The van der Waals surface area contributed by atoms with E-state index in [9.17, 15) is 0 Å². The summed E-state index contributed by atoms with van der Waals surface area (Å²) in [7, 11) is 0. The number of rotatable bonds is 6. The number of pyridine rings is 1. The first-order valence-corrected chi connectivity index (χ1v) is 30.1. The van der Waals surface area contributed by atoms with Crippen molar-refractivity contribution >= 4 is 172 Å². The molecule has 12 aromatic carbocycles. The zero-order valence-corrected chi connectivity index (χ0v) is 47.2. The lowest BCUT2D eigenvalue weighted by Gasteiger charge is -2.48. The van der Waals surface area contributed by atoms with Gasteiger partial charge in [0.15, 0.2) is 0 Å². The van der Waals surface area contributed by atoms with E-state index >= 15 is 0 Å². The van der Waals surface area contributed by atoms with Gasteiger partial charge in [0, 0.05) is 103 Å². The van der Waals surface area contributed by atoms with Crippen LogP contribution in [-0.4, -0.2) is 25.1 Å². The molecule has 0 amide bonds. The molecule has 0 saturated carbocycles. The van der Waals surface area contributed by atoms with Crippen LogP contribution in [0.1, 0.15) is 0 Å². The molecule has 0 spiro atoms. The topological polar surface area (TPSA) is 32.3 Å². The molecule has 13 aromatic rings. The van der Waals surface area contributed by atoms with E-state index in [1.807, 2.05) is 6.20 Å². The van der Waals surface area contributed by atoms with Crippen LogP contribution in [-0.2, 0) is 0 Å². The molecule has 0 aliphatic carbocycles. The number of fused-ring (bicyclic) bond motifs is 12. The van der Waals surface area contributed by atoms with E-state index in [0.29, 0.717) is 0 Å². The summed E-state index contributed by atoms with van der Waals surface area (Å²) in [5.41, 5.74) is 30.7. The van der Waals surface area contributed by atoms with E-state index < -0.39 is 0 Å². The van der Waals surface area contributed by atoms with Crippen molar-refractivity contribution < 1.29 is 0 Å². The van der Waals surface area contributed by atoms with Gasteiger partial charge < -0.3 is 24.5 Å². The van der Waals surface area contributed by atoms with E-state index in [2.05, 4.69) is 327 Å². The van der Waals surface area contributed by atoms with Crippen LogP contribution < -0.4 is 78.6 Å². The van der Waals surface area contributed by atoms with Gasteiger partial charge in [-0.1, -0.05) is 170 Å². The van der Waals surface area contributed by atoms with Crippen LogP contribution in [0.2, 0.25) is 0 Å². The maximum atomic E-state index is 5.57. The molecule has 19 rings (SSSR count). The molecule has 1 aromatic heterocycles. The standard InChI is InChI=1S/C77H50B3N7/c1-7-25-51(26-8-1)82-63-39-21-19-37-57(63)78-59-47-61-71(49-70(59)84(53-29-11-3-12-30-53)67-43-23-41-65(82)74(67)78)86(55-33-15-5-16-34-55)69-45-46-81-77-76(69)80(61)62-48-60-72(50-73(62)87(77)56-35-17-6-18-36-56)85(54-31-13-4-14-32-54)68-44-24-42-66-75(68)79(60)58-38-20-22-40-64(58)83(66)52-27-9-2-10-28-52/h1-50H. The molecule has 0 atom stereocenters. The number of aromatic nitrogens is 1. The Kier molecular flexibility index (Phi) is 10.3. The number of anilines is 18. The third-order valence-electron chi connectivity index (χ3n) is 19.0. The van der Waals surface area contributed by atoms with Crippen LogP contribution >= 0.6 is 0 Å². The Hall–Kier alpha value is -11.2. The summed E-state index contributed by atoms with van der Waals surface area (Å²) in [5, 5.41) is 0. The summed E-state index contributed by atoms with van der Waals surface area (Å²) in [6, 6.07) is 110. The van der Waals surface area contributed by atoms with Gasteiger partial charge >= 0.3 is 0 Å². The van der Waals surface area contributed by atoms with Crippen molar-refractivity contribution in [2.45, 2.75) is 0 Å². The Bertz CT molecular complexity index is 4630. The van der Waals surface area contributed by atoms with Crippen molar-refractivity contribution in [3.63, 3.8) is 0 Å². The van der Waals surface area contributed by atoms with Gasteiger partial charge in [0.2, 0.25) is 0 Å². The Morgan fingerprint density at radius 1 is 0.195 bits per heavy atom. The molecule has 0 unspecified atom stereocenters. The van der Waals surface area contributed by atoms with Crippen molar-refractivity contribution in [3.05, 3.63) is 303 Å². The minimum Gasteiger partial charge on any atom is -0.311 e. The second-order valence-corrected chi connectivity index (χ2v) is 23.4. The molecule has 0 bridgehead atoms. The fourth-order valence-corrected chi connectivity index (χ4v) is 15.7. The van der Waals surface area contributed by atoms with Gasteiger partial charge in [-0.15, -0.1) is 0 Å². The SMILES string of the molecule is c1ccc(N2c3ccccc3B3c4cc5c(cc4N(c4ccccc4)c4cccc2c43)N(c2ccccc2)c2ccnc3c2B5c2cc4c(cc2N3c2ccccc2)N(c2ccccc2)c2cccc3c2B4c2ccccc2N3c2ccccc2)cc1. The summed E-state index contributed by atoms with van der Waals surface area (Å²) in [4.78, 5) is 20.6. The Morgan fingerprint density at radius 3 is 0.816 bits per heavy atom. The average Bonchev–Trinajstić information content (AvgIpc) is 0.852. The highest BCUT2D eigenvalue weighted by Gasteiger charge is 2.51. The van der Waals surface area contributed by atoms with Crippen molar-refractivity contribution in [2.24, 2.45) is 0 Å². The summed E-state index contributed by atoms with van der Waals surface area (Å²) >= 11 is 0. The molecule has 7 nitrogen and oxygen atoms in total. The lowest BCUT2D eigenvalue weighted by Crippen LogP contribution is -2.66. The maximum absolute atomic E-state index is 5.57. The maximum Gasteiger partial charge on any atom is 0.254 e. The second kappa shape index (κ2) is 18.6. The van der Waals surface area contributed by atoms with E-state index in [-0.39, 0.29) is 20.1 Å². The zero-order chi connectivity index (χ0) is 56.8. The summed E-state index contributed by atoms with van der Waals surface area (Å²) in [5.74, 6) is 0.923. The summed E-state index contributed by atoms with van der Waals surface area (Å²) in [6.07, 6.45) is 2.03. The summed E-state index contributed by atoms with van der Waals surface area (Å²) in [6.45, 7) is -0.437. The molecule has 10 heteroatoms. The highest BCUT2D eigenvalue weighted by atomic mass is 15.2. The minimum atomic E-state index is -0.243. The summed E-state index contributed by atoms with van der Waals surface area (Å²) < 4.78 is 0. The monoisotopic (exact) mass is 1110 g/mol. The molecular weight excluding hydrogens is 1060 g/mol. The van der Waals surface area contributed by atoms with Crippen LogP contribution in [0.25, 0.3) is 0 Å². The highest BCUT2D eigenvalue weighted by molar-refractivity contribution is 7.04. The lowest BCUT2D eigenvalue weighted by molar-refractivity contribution is 1.17. The molecule has 0 fully saturated rings. The molecule has 402 valence electrons. The van der Waals surface area contributed by atoms with Gasteiger partial charge in [0.25, 0.3) is 20.1 Å². The number of nitrogens with zero attached hydrogens (tertiary/aromatic N) is 7. The van der Waals surface area contributed by atoms with Crippen LogP contribution in [0.5, 0.6) is 0 Å². The van der Waals surface area contributed by atoms with Crippen molar-refractivity contribution in [3.8, 4) is 0 Å². The second-order valence-electron chi connectivity index (χ2n) is 23.4. The predicted octanol–water partition coefficient (Wildman–Crippen LogP) is 13.3. The number of para-hydroxylation sites is 8. The molecule has 0 saturated heterocycles. The first-order valence-electron chi connectivity index (χ1n) is 30.1. The van der Waals surface area contributed by atoms with Crippen molar-refractivity contribution in [1.29, 1.82) is 0 Å². The minimum absolute atomic E-state index is 0.0966. The molecule has 0 radical (unpaired) electrons.